The number of pyridine rings is 1. The molecule has 2 aromatic carbocycles. The molecule has 5 heteroatoms. The van der Waals surface area contributed by atoms with E-state index in [1.54, 1.807) is 13.0 Å². The smallest absolute Gasteiger partial charge is 0.339 e. The molecule has 1 aromatic heterocycles. The number of rotatable bonds is 4. The van der Waals surface area contributed by atoms with Crippen molar-refractivity contribution < 1.29 is 14.3 Å². The average Bonchev–Trinajstić information content (AvgIpc) is 2.62. The van der Waals surface area contributed by atoms with Crippen molar-refractivity contribution >= 4 is 28.5 Å². The van der Waals surface area contributed by atoms with Crippen LogP contribution < -0.4 is 5.32 Å². The van der Waals surface area contributed by atoms with Gasteiger partial charge in [0.05, 0.1) is 11.1 Å². The maximum atomic E-state index is 12.6. The Morgan fingerprint density at radius 2 is 1.73 bits per heavy atom. The normalized spacial score (nSPS) is 11.8. The number of carbonyl (C=O) groups excluding carboxylic acids is 2. The van der Waals surface area contributed by atoms with Crippen LogP contribution in [0.1, 0.15) is 28.5 Å². The van der Waals surface area contributed by atoms with Gasteiger partial charge in [-0.05, 0) is 45.0 Å². The fourth-order valence-corrected chi connectivity index (χ4v) is 2.64. The predicted molar refractivity (Wildman–Crippen MR) is 101 cm³/mol. The molecule has 3 aromatic rings. The number of benzene rings is 2. The van der Waals surface area contributed by atoms with Gasteiger partial charge in [-0.1, -0.05) is 35.9 Å². The summed E-state index contributed by atoms with van der Waals surface area (Å²) < 4.78 is 5.38. The van der Waals surface area contributed by atoms with Gasteiger partial charge in [0, 0.05) is 16.8 Å². The number of carbonyl (C=O) groups is 2. The SMILES string of the molecule is Cc1ccc(NC(=O)C(C)OC(=O)c2cc(C)nc3ccccc23)cc1. The molecule has 1 heterocycles. The molecule has 3 rings (SSSR count). The average molecular weight is 348 g/mol. The van der Waals surface area contributed by atoms with Crippen molar-refractivity contribution in [3.8, 4) is 0 Å². The number of nitrogens with zero attached hydrogens (tertiary/aromatic N) is 1. The van der Waals surface area contributed by atoms with Crippen molar-refractivity contribution in [1.29, 1.82) is 0 Å². The number of hydrogen-bond acceptors (Lipinski definition) is 4. The largest absolute Gasteiger partial charge is 0.449 e. The van der Waals surface area contributed by atoms with Gasteiger partial charge < -0.3 is 10.1 Å². The highest BCUT2D eigenvalue weighted by atomic mass is 16.5. The number of fused-ring (bicyclic) bond motifs is 1. The van der Waals surface area contributed by atoms with E-state index < -0.39 is 12.1 Å². The zero-order valence-corrected chi connectivity index (χ0v) is 14.9. The Bertz CT molecular complexity index is 965. The predicted octanol–water partition coefficient (Wildman–Crippen LogP) is 4.04. The van der Waals surface area contributed by atoms with Crippen LogP contribution in [0.25, 0.3) is 10.9 Å². The Kier molecular flexibility index (Phi) is 4.98. The van der Waals surface area contributed by atoms with E-state index in [2.05, 4.69) is 10.3 Å². The number of ether oxygens (including phenoxy) is 1. The fraction of sp³-hybridized carbons (Fsp3) is 0.190. The highest BCUT2D eigenvalue weighted by molar-refractivity contribution is 6.05. The number of amides is 1. The molecule has 26 heavy (non-hydrogen) atoms. The van der Waals surface area contributed by atoms with Gasteiger partial charge in [-0.25, -0.2) is 4.79 Å². The molecule has 1 N–H and O–H groups in total. The quantitative estimate of drug-likeness (QED) is 0.723. The first kappa shape index (κ1) is 17.6. The van der Waals surface area contributed by atoms with E-state index in [1.165, 1.54) is 0 Å². The fourth-order valence-electron chi connectivity index (χ4n) is 2.64. The van der Waals surface area contributed by atoms with Gasteiger partial charge in [0.2, 0.25) is 0 Å². The van der Waals surface area contributed by atoms with Gasteiger partial charge >= 0.3 is 5.97 Å². The lowest BCUT2D eigenvalue weighted by atomic mass is 10.1. The first-order valence-electron chi connectivity index (χ1n) is 8.39. The van der Waals surface area contributed by atoms with Gasteiger partial charge in [-0.2, -0.15) is 0 Å². The summed E-state index contributed by atoms with van der Waals surface area (Å²) in [5.41, 5.74) is 3.60. The molecule has 5 nitrogen and oxygen atoms in total. The first-order valence-corrected chi connectivity index (χ1v) is 8.39. The van der Waals surface area contributed by atoms with Crippen molar-refractivity contribution in [2.24, 2.45) is 0 Å². The maximum Gasteiger partial charge on any atom is 0.339 e. The molecule has 0 aliphatic rings. The Labute approximate surface area is 152 Å². The van der Waals surface area contributed by atoms with Gasteiger partial charge in [0.15, 0.2) is 6.10 Å². The second-order valence-electron chi connectivity index (χ2n) is 6.23. The molecule has 1 amide bonds. The minimum Gasteiger partial charge on any atom is -0.449 e. The van der Waals surface area contributed by atoms with Crippen LogP contribution in [0, 0.1) is 13.8 Å². The number of nitrogens with one attached hydrogen (secondary N) is 1. The molecule has 0 radical (unpaired) electrons. The van der Waals surface area contributed by atoms with Crippen molar-refractivity contribution in [3.63, 3.8) is 0 Å². The van der Waals surface area contributed by atoms with Gasteiger partial charge in [0.1, 0.15) is 0 Å². The van der Waals surface area contributed by atoms with Crippen LogP contribution in [0.2, 0.25) is 0 Å². The monoisotopic (exact) mass is 348 g/mol. The van der Waals surface area contributed by atoms with Crippen LogP contribution >= 0.6 is 0 Å². The van der Waals surface area contributed by atoms with Crippen molar-refractivity contribution in [2.45, 2.75) is 26.9 Å². The molecule has 0 spiro atoms. The Morgan fingerprint density at radius 3 is 2.46 bits per heavy atom. The molecule has 132 valence electrons. The van der Waals surface area contributed by atoms with E-state index in [0.717, 1.165) is 11.1 Å². The molecule has 0 fully saturated rings. The van der Waals surface area contributed by atoms with Gasteiger partial charge in [-0.15, -0.1) is 0 Å². The van der Waals surface area contributed by atoms with E-state index in [-0.39, 0.29) is 5.91 Å². The standard InChI is InChI=1S/C21H20N2O3/c1-13-8-10-16(11-9-13)23-20(24)15(3)26-21(25)18-12-14(2)22-19-7-5-4-6-17(18)19/h4-12,15H,1-3H3,(H,23,24). The first-order chi connectivity index (χ1) is 12.4. The van der Waals surface area contributed by atoms with E-state index >= 15 is 0 Å². The summed E-state index contributed by atoms with van der Waals surface area (Å²) in [6.45, 7) is 5.34. The summed E-state index contributed by atoms with van der Waals surface area (Å²) in [7, 11) is 0. The van der Waals surface area contributed by atoms with E-state index in [9.17, 15) is 9.59 Å². The number of aryl methyl sites for hydroxylation is 2. The minimum absolute atomic E-state index is 0.378. The second-order valence-corrected chi connectivity index (χ2v) is 6.23. The Hall–Kier alpha value is -3.21. The summed E-state index contributed by atoms with van der Waals surface area (Å²) in [5.74, 6) is -0.921. The Balaban J connectivity index is 1.75. The molecule has 1 unspecified atom stereocenters. The van der Waals surface area contributed by atoms with Crippen molar-refractivity contribution in [1.82, 2.24) is 4.98 Å². The van der Waals surface area contributed by atoms with E-state index in [1.807, 2.05) is 62.4 Å². The summed E-state index contributed by atoms with van der Waals surface area (Å²) >= 11 is 0. The summed E-state index contributed by atoms with van der Waals surface area (Å²) in [6.07, 6.45) is -0.920. The second kappa shape index (κ2) is 7.35. The van der Waals surface area contributed by atoms with Crippen molar-refractivity contribution in [3.05, 3.63) is 71.4 Å². The van der Waals surface area contributed by atoms with Gasteiger partial charge in [0.25, 0.3) is 5.91 Å². The third-order valence-corrected chi connectivity index (χ3v) is 4.04. The number of aromatic nitrogens is 1. The summed E-state index contributed by atoms with van der Waals surface area (Å²) in [5, 5.41) is 3.45. The van der Waals surface area contributed by atoms with Crippen LogP contribution in [0.3, 0.4) is 0 Å². The highest BCUT2D eigenvalue weighted by Gasteiger charge is 2.21. The van der Waals surface area contributed by atoms with Gasteiger partial charge in [-0.3, -0.25) is 9.78 Å². The zero-order chi connectivity index (χ0) is 18.7. The zero-order valence-electron chi connectivity index (χ0n) is 14.9. The van der Waals surface area contributed by atoms with Crippen molar-refractivity contribution in [2.75, 3.05) is 5.32 Å². The van der Waals surface area contributed by atoms with Crippen LogP contribution in [-0.2, 0) is 9.53 Å². The molecule has 1 atom stereocenters. The topological polar surface area (TPSA) is 68.3 Å². The molecule has 0 saturated carbocycles. The lowest BCUT2D eigenvalue weighted by Crippen LogP contribution is -2.30. The number of anilines is 1. The summed E-state index contributed by atoms with van der Waals surface area (Å²) in [4.78, 5) is 29.3. The third-order valence-electron chi connectivity index (χ3n) is 4.04. The Morgan fingerprint density at radius 1 is 1.04 bits per heavy atom. The van der Waals surface area contributed by atoms with E-state index in [4.69, 9.17) is 4.74 Å². The lowest BCUT2D eigenvalue weighted by molar-refractivity contribution is -0.123. The van der Waals surface area contributed by atoms with Crippen LogP contribution in [0.15, 0.2) is 54.6 Å². The molecule has 0 bridgehead atoms. The van der Waals surface area contributed by atoms with Crippen LogP contribution in [0.4, 0.5) is 5.69 Å². The highest BCUT2D eigenvalue weighted by Crippen LogP contribution is 2.20. The molecule has 0 aliphatic carbocycles. The lowest BCUT2D eigenvalue weighted by Gasteiger charge is -2.15. The number of hydrogen-bond donors (Lipinski definition) is 1. The molecular formula is C21H20N2O3. The van der Waals surface area contributed by atoms with Crippen LogP contribution in [-0.4, -0.2) is 23.0 Å². The minimum atomic E-state index is -0.920. The van der Waals surface area contributed by atoms with Crippen LogP contribution in [0.5, 0.6) is 0 Å². The number of para-hydroxylation sites is 1. The van der Waals surface area contributed by atoms with E-state index in [0.29, 0.717) is 22.3 Å². The maximum absolute atomic E-state index is 12.6. The number of esters is 1. The summed E-state index contributed by atoms with van der Waals surface area (Å²) in [6, 6.07) is 16.4. The molecular weight excluding hydrogens is 328 g/mol. The molecule has 0 saturated heterocycles. The third kappa shape index (κ3) is 3.88. The molecule has 0 aliphatic heterocycles.